The fraction of sp³-hybridized carbons (Fsp3) is 0.923. The van der Waals surface area contributed by atoms with E-state index in [0.29, 0.717) is 6.42 Å². The first-order valence-electron chi connectivity index (χ1n) is 7.13. The molecule has 0 aliphatic carbocycles. The summed E-state index contributed by atoms with van der Waals surface area (Å²) in [7, 11) is -4.87. The van der Waals surface area contributed by atoms with Gasteiger partial charge in [0.25, 0.3) is 10.4 Å². The first kappa shape index (κ1) is 26.2. The Bertz CT molecular complexity index is 317. The second-order valence-corrected chi connectivity index (χ2v) is 5.15. The molecule has 0 atom stereocenters. The maximum Gasteiger partial charge on any atom is 1.00 e. The third kappa shape index (κ3) is 29.1. The van der Waals surface area contributed by atoms with Gasteiger partial charge in [0.05, 0.1) is 0 Å². The van der Waals surface area contributed by atoms with Gasteiger partial charge in [-0.3, -0.25) is 4.79 Å². The Morgan fingerprint density at radius 3 is 1.81 bits per heavy atom. The van der Waals surface area contributed by atoms with Gasteiger partial charge in [0.2, 0.25) is 0 Å². The fourth-order valence-electron chi connectivity index (χ4n) is 1.41. The van der Waals surface area contributed by atoms with Crippen molar-refractivity contribution in [3.05, 3.63) is 0 Å². The van der Waals surface area contributed by atoms with Crippen LogP contribution in [0.4, 0.5) is 0 Å². The molecule has 8 heteroatoms. The van der Waals surface area contributed by atoms with Crippen LogP contribution in [0.5, 0.6) is 0 Å². The average molecular weight is 334 g/mol. The molecule has 0 N–H and O–H groups in total. The molecule has 0 spiro atoms. The van der Waals surface area contributed by atoms with Gasteiger partial charge in [-0.25, -0.2) is 8.42 Å². The predicted molar refractivity (Wildman–Crippen MR) is 75.9 cm³/mol. The Kier molecular flexibility index (Phi) is 23.0. The van der Waals surface area contributed by atoms with Crippen molar-refractivity contribution in [3.63, 3.8) is 0 Å². The summed E-state index contributed by atoms with van der Waals surface area (Å²) in [6, 6.07) is 0. The molecule has 122 valence electrons. The van der Waals surface area contributed by atoms with E-state index in [1.807, 2.05) is 13.8 Å². The van der Waals surface area contributed by atoms with E-state index in [1.165, 1.54) is 6.42 Å². The summed E-state index contributed by atoms with van der Waals surface area (Å²) in [5.41, 5.74) is 0. The molecule has 0 fully saturated rings. The summed E-state index contributed by atoms with van der Waals surface area (Å²) in [5, 5.41) is 0. The van der Waals surface area contributed by atoms with Crippen LogP contribution in [0.2, 0.25) is 0 Å². The van der Waals surface area contributed by atoms with Gasteiger partial charge in [-0.2, -0.15) is 0 Å². The Morgan fingerprint density at radius 2 is 1.43 bits per heavy atom. The summed E-state index contributed by atoms with van der Waals surface area (Å²) in [6.45, 7) is 7.77. The van der Waals surface area contributed by atoms with E-state index in [9.17, 15) is 17.8 Å². The number of ether oxygens (including phenoxy) is 1. The molecular formula is C13H27NaO6S. The molecule has 0 aliphatic rings. The van der Waals surface area contributed by atoms with E-state index < -0.39 is 16.4 Å². The Morgan fingerprint density at radius 1 is 0.952 bits per heavy atom. The van der Waals surface area contributed by atoms with E-state index in [2.05, 4.69) is 11.1 Å². The fourth-order valence-corrected chi connectivity index (χ4v) is 1.72. The van der Waals surface area contributed by atoms with Crippen LogP contribution in [-0.2, 0) is 24.1 Å². The van der Waals surface area contributed by atoms with Gasteiger partial charge in [0, 0.05) is 19.6 Å². The van der Waals surface area contributed by atoms with Gasteiger partial charge < -0.3 is 13.5 Å². The van der Waals surface area contributed by atoms with Crippen LogP contribution in [0.1, 0.15) is 65.7 Å². The predicted octanol–water partition coefficient (Wildman–Crippen LogP) is -0.213. The summed E-state index contributed by atoms with van der Waals surface area (Å²) < 4.78 is 38.5. The van der Waals surface area contributed by atoms with E-state index >= 15 is 0 Å². The van der Waals surface area contributed by atoms with E-state index in [0.717, 1.165) is 38.9 Å². The standard InChI is InChI=1S/C9H18O5S.C4H10O.Na/c1-2-3-4-5-6-7-8-9(10)14-15(11,12)13;1-3-5-4-2;/h2-8H2,1H3,(H,11,12,13);3-4H2,1-2H3;/q;;+1/p-1. The van der Waals surface area contributed by atoms with E-state index in [-0.39, 0.29) is 36.0 Å². The number of unbranched alkanes of at least 4 members (excludes halogenated alkanes) is 5. The molecule has 0 bridgehead atoms. The van der Waals surface area contributed by atoms with Gasteiger partial charge in [0.15, 0.2) is 0 Å². The first-order chi connectivity index (χ1) is 9.37. The van der Waals surface area contributed by atoms with Crippen LogP contribution in [0.25, 0.3) is 0 Å². The van der Waals surface area contributed by atoms with Crippen molar-refractivity contribution in [3.8, 4) is 0 Å². The van der Waals surface area contributed by atoms with Crippen molar-refractivity contribution in [1.82, 2.24) is 0 Å². The van der Waals surface area contributed by atoms with Crippen molar-refractivity contribution < 1.29 is 56.2 Å². The molecule has 0 unspecified atom stereocenters. The third-order valence-electron chi connectivity index (χ3n) is 2.34. The van der Waals surface area contributed by atoms with Crippen LogP contribution >= 0.6 is 0 Å². The Hall–Kier alpha value is 0.340. The van der Waals surface area contributed by atoms with E-state index in [1.54, 1.807) is 0 Å². The van der Waals surface area contributed by atoms with Gasteiger partial charge in [-0.15, -0.1) is 0 Å². The second-order valence-electron chi connectivity index (χ2n) is 4.16. The monoisotopic (exact) mass is 334 g/mol. The second kappa shape index (κ2) is 18.4. The number of hydrogen-bond acceptors (Lipinski definition) is 6. The van der Waals surface area contributed by atoms with Crippen molar-refractivity contribution >= 4 is 16.4 Å². The van der Waals surface area contributed by atoms with Gasteiger partial charge in [0.1, 0.15) is 0 Å². The number of carbonyl (C=O) groups is 1. The summed E-state index contributed by atoms with van der Waals surface area (Å²) in [4.78, 5) is 10.7. The van der Waals surface area contributed by atoms with Crippen molar-refractivity contribution in [1.29, 1.82) is 0 Å². The summed E-state index contributed by atoms with van der Waals surface area (Å²) >= 11 is 0. The van der Waals surface area contributed by atoms with Crippen LogP contribution in [0.3, 0.4) is 0 Å². The molecule has 0 aromatic heterocycles. The quantitative estimate of drug-likeness (QED) is 0.237. The number of carbonyl (C=O) groups excluding carboxylic acids is 1. The molecule has 0 saturated carbocycles. The number of rotatable bonds is 10. The van der Waals surface area contributed by atoms with Crippen molar-refractivity contribution in [2.45, 2.75) is 65.7 Å². The van der Waals surface area contributed by atoms with Crippen LogP contribution in [-0.4, -0.2) is 32.2 Å². The molecule has 0 heterocycles. The molecule has 0 aromatic carbocycles. The molecule has 0 rings (SSSR count). The molecule has 0 amide bonds. The average Bonchev–Trinajstić information content (AvgIpc) is 2.33. The maximum absolute atomic E-state index is 10.7. The molecule has 6 nitrogen and oxygen atoms in total. The molecule has 0 saturated heterocycles. The third-order valence-corrected chi connectivity index (χ3v) is 2.73. The van der Waals surface area contributed by atoms with E-state index in [4.69, 9.17) is 4.74 Å². The van der Waals surface area contributed by atoms with Crippen molar-refractivity contribution in [2.75, 3.05) is 13.2 Å². The minimum absolute atomic E-state index is 0. The zero-order valence-corrected chi connectivity index (χ0v) is 16.5. The van der Waals surface area contributed by atoms with Crippen LogP contribution in [0.15, 0.2) is 0 Å². The van der Waals surface area contributed by atoms with Crippen LogP contribution in [0, 0.1) is 0 Å². The van der Waals surface area contributed by atoms with Crippen molar-refractivity contribution in [2.24, 2.45) is 0 Å². The molecule has 0 aliphatic heterocycles. The smallest absolute Gasteiger partial charge is 0.716 e. The normalized spacial score (nSPS) is 10.1. The molecule has 0 radical (unpaired) electrons. The van der Waals surface area contributed by atoms with Gasteiger partial charge in [-0.1, -0.05) is 39.0 Å². The Labute approximate surface area is 151 Å². The van der Waals surface area contributed by atoms with Crippen LogP contribution < -0.4 is 29.6 Å². The van der Waals surface area contributed by atoms with Gasteiger partial charge >= 0.3 is 35.5 Å². The molecule has 0 aromatic rings. The SMILES string of the molecule is CCCCCCCCC(=O)OS(=O)(=O)[O-].CCOCC.[Na+]. The largest absolute Gasteiger partial charge is 1.00 e. The Balaban J connectivity index is -0.000000465. The minimum atomic E-state index is -4.87. The summed E-state index contributed by atoms with van der Waals surface area (Å²) in [5.74, 6) is -0.958. The zero-order valence-electron chi connectivity index (χ0n) is 13.7. The zero-order chi connectivity index (χ0) is 15.9. The molecule has 21 heavy (non-hydrogen) atoms. The minimum Gasteiger partial charge on any atom is -0.716 e. The summed E-state index contributed by atoms with van der Waals surface area (Å²) in [6.07, 6.45) is 5.87. The number of hydrogen-bond donors (Lipinski definition) is 0. The topological polar surface area (TPSA) is 92.7 Å². The van der Waals surface area contributed by atoms with Gasteiger partial charge in [-0.05, 0) is 20.3 Å². The molecular weight excluding hydrogens is 307 g/mol. The first-order valence-corrected chi connectivity index (χ1v) is 8.46. The maximum atomic E-state index is 10.7.